The molecule has 3 aromatic carbocycles. The van der Waals surface area contributed by atoms with E-state index in [1.54, 1.807) is 31.2 Å². The molecule has 0 saturated heterocycles. The normalized spacial score (nSPS) is 10.8. The maximum absolute atomic E-state index is 12.6. The van der Waals surface area contributed by atoms with E-state index in [2.05, 4.69) is 10.6 Å². The smallest absolute Gasteiger partial charge is 0.266 e. The quantitative estimate of drug-likeness (QED) is 0.109. The van der Waals surface area contributed by atoms with Crippen LogP contribution in [0.2, 0.25) is 10.0 Å². The number of nitriles is 1. The predicted octanol–water partition coefficient (Wildman–Crippen LogP) is 6.27. The van der Waals surface area contributed by atoms with Gasteiger partial charge >= 0.3 is 0 Å². The van der Waals surface area contributed by atoms with Gasteiger partial charge in [0.1, 0.15) is 17.4 Å². The number of phenolic OH excluding ortho intramolecular Hbond substituents is 1. The van der Waals surface area contributed by atoms with Gasteiger partial charge in [-0.15, -0.1) is 0 Å². The van der Waals surface area contributed by atoms with Crippen LogP contribution < -0.4 is 20.1 Å². The molecule has 0 aliphatic rings. The van der Waals surface area contributed by atoms with Crippen molar-refractivity contribution in [2.75, 3.05) is 23.8 Å². The second-order valence-corrected chi connectivity index (χ2v) is 9.38. The summed E-state index contributed by atoms with van der Waals surface area (Å²) in [4.78, 5) is 25.0. The molecule has 0 unspecified atom stereocenters. The van der Waals surface area contributed by atoms with Crippen LogP contribution in [-0.2, 0) is 9.59 Å². The average Bonchev–Trinajstić information content (AvgIpc) is 2.85. The van der Waals surface area contributed by atoms with Crippen LogP contribution in [-0.4, -0.2) is 30.1 Å². The number of halogens is 3. The minimum Gasteiger partial charge on any atom is -0.508 e. The highest BCUT2D eigenvalue weighted by molar-refractivity contribution is 14.1. The van der Waals surface area contributed by atoms with Crippen LogP contribution in [0.15, 0.2) is 60.2 Å². The van der Waals surface area contributed by atoms with Crippen molar-refractivity contribution in [1.29, 1.82) is 5.26 Å². The minimum atomic E-state index is -0.611. The summed E-state index contributed by atoms with van der Waals surface area (Å²) in [6.45, 7) is 1.81. The Morgan fingerprint density at radius 1 is 1.03 bits per heavy atom. The first-order valence-corrected chi connectivity index (χ1v) is 12.6. The van der Waals surface area contributed by atoms with Crippen molar-refractivity contribution in [3.8, 4) is 23.3 Å². The van der Waals surface area contributed by atoms with Crippen molar-refractivity contribution >= 4 is 75.1 Å². The van der Waals surface area contributed by atoms with E-state index in [-0.39, 0.29) is 17.9 Å². The monoisotopic (exact) mass is 651 g/mol. The molecule has 0 saturated carbocycles. The first-order valence-electron chi connectivity index (χ1n) is 10.8. The molecule has 0 aromatic heterocycles. The highest BCUT2D eigenvalue weighted by Gasteiger charge is 2.16. The Bertz CT molecular complexity index is 1390. The number of hydrogen-bond donors (Lipinski definition) is 3. The Hall–Kier alpha value is -3.46. The van der Waals surface area contributed by atoms with Gasteiger partial charge in [0, 0.05) is 11.4 Å². The molecule has 0 fully saturated rings. The number of rotatable bonds is 9. The standard InChI is InChI=1S/C26H20Cl2IN3O5/c1-2-36-23-11-15(9-16(13-30)26(35)32-17-3-6-19(33)7-4-17)10-22(29)25(23)37-14-24(34)31-18-5-8-20(27)21(28)12-18/h3-12,33H,2,14H2,1H3,(H,31,34)(H,32,35)/b16-9+. The van der Waals surface area contributed by atoms with Crippen LogP contribution >= 0.6 is 45.8 Å². The van der Waals surface area contributed by atoms with Crippen molar-refractivity contribution in [2.24, 2.45) is 0 Å². The number of benzene rings is 3. The molecule has 0 spiro atoms. The van der Waals surface area contributed by atoms with Crippen LogP contribution in [0.25, 0.3) is 6.08 Å². The maximum Gasteiger partial charge on any atom is 0.266 e. The van der Waals surface area contributed by atoms with Crippen molar-refractivity contribution in [3.05, 3.63) is 79.3 Å². The van der Waals surface area contributed by atoms with Crippen molar-refractivity contribution in [2.45, 2.75) is 6.92 Å². The summed E-state index contributed by atoms with van der Waals surface area (Å²) in [5.74, 6) is -0.282. The molecule has 8 nitrogen and oxygen atoms in total. The number of ether oxygens (including phenoxy) is 2. The van der Waals surface area contributed by atoms with Gasteiger partial charge in [0.25, 0.3) is 11.8 Å². The topological polar surface area (TPSA) is 121 Å². The number of hydrogen-bond acceptors (Lipinski definition) is 6. The number of anilines is 2. The van der Waals surface area contributed by atoms with E-state index in [1.807, 2.05) is 28.7 Å². The minimum absolute atomic E-state index is 0.0567. The third-order valence-corrected chi connectivity index (χ3v) is 6.22. The summed E-state index contributed by atoms with van der Waals surface area (Å²) in [6.07, 6.45) is 1.42. The second-order valence-electron chi connectivity index (χ2n) is 7.40. The average molecular weight is 652 g/mol. The van der Waals surface area contributed by atoms with Gasteiger partial charge in [-0.05, 0) is 95.8 Å². The number of carbonyl (C=O) groups excluding carboxylic acids is 2. The van der Waals surface area contributed by atoms with Crippen LogP contribution in [0.4, 0.5) is 11.4 Å². The third kappa shape index (κ3) is 8.01. The first-order chi connectivity index (χ1) is 17.7. The Morgan fingerprint density at radius 2 is 1.73 bits per heavy atom. The summed E-state index contributed by atoms with van der Waals surface area (Å²) in [6, 6.07) is 15.8. The fourth-order valence-electron chi connectivity index (χ4n) is 3.04. The largest absolute Gasteiger partial charge is 0.508 e. The van der Waals surface area contributed by atoms with Gasteiger partial charge in [0.05, 0.1) is 20.2 Å². The van der Waals surface area contributed by atoms with E-state index in [4.69, 9.17) is 32.7 Å². The number of phenols is 1. The lowest BCUT2D eigenvalue weighted by Gasteiger charge is -2.15. The lowest BCUT2D eigenvalue weighted by atomic mass is 10.1. The van der Waals surface area contributed by atoms with Crippen molar-refractivity contribution in [3.63, 3.8) is 0 Å². The summed E-state index contributed by atoms with van der Waals surface area (Å²) >= 11 is 13.9. The van der Waals surface area contributed by atoms with Crippen LogP contribution in [0.5, 0.6) is 17.2 Å². The highest BCUT2D eigenvalue weighted by atomic mass is 127. The van der Waals surface area contributed by atoms with E-state index < -0.39 is 11.8 Å². The number of nitrogens with one attached hydrogen (secondary N) is 2. The summed E-state index contributed by atoms with van der Waals surface area (Å²) < 4.78 is 12.0. The zero-order valence-electron chi connectivity index (χ0n) is 19.3. The van der Waals surface area contributed by atoms with E-state index in [9.17, 15) is 20.0 Å². The summed E-state index contributed by atoms with van der Waals surface area (Å²) in [7, 11) is 0. The van der Waals surface area contributed by atoms with E-state index in [0.717, 1.165) is 0 Å². The van der Waals surface area contributed by atoms with Gasteiger partial charge in [-0.25, -0.2) is 0 Å². The Balaban J connectivity index is 1.76. The highest BCUT2D eigenvalue weighted by Crippen LogP contribution is 2.35. The van der Waals surface area contributed by atoms with Crippen molar-refractivity contribution < 1.29 is 24.2 Å². The lowest BCUT2D eigenvalue weighted by molar-refractivity contribution is -0.118. The summed E-state index contributed by atoms with van der Waals surface area (Å²) in [5.41, 5.74) is 1.29. The molecule has 0 aliphatic heterocycles. The number of aromatic hydroxyl groups is 1. The van der Waals surface area contributed by atoms with Crippen molar-refractivity contribution in [1.82, 2.24) is 0 Å². The molecular formula is C26H20Cl2IN3O5. The van der Waals surface area contributed by atoms with Crippen LogP contribution in [0.3, 0.4) is 0 Å². The molecule has 0 radical (unpaired) electrons. The third-order valence-electron chi connectivity index (χ3n) is 4.68. The fourth-order valence-corrected chi connectivity index (χ4v) is 4.12. The Kier molecular flexibility index (Phi) is 10.0. The van der Waals surface area contributed by atoms with Gasteiger partial charge < -0.3 is 25.2 Å². The molecular weight excluding hydrogens is 632 g/mol. The molecule has 2 amide bonds. The Labute approximate surface area is 236 Å². The molecule has 190 valence electrons. The number of carbonyl (C=O) groups is 2. The molecule has 3 aromatic rings. The van der Waals surface area contributed by atoms with E-state index in [1.165, 1.54) is 36.4 Å². The fraction of sp³-hybridized carbons (Fsp3) is 0.115. The molecule has 0 heterocycles. The molecule has 0 atom stereocenters. The number of amides is 2. The maximum atomic E-state index is 12.6. The van der Waals surface area contributed by atoms with Gasteiger partial charge in [0.15, 0.2) is 18.1 Å². The lowest BCUT2D eigenvalue weighted by Crippen LogP contribution is -2.20. The van der Waals surface area contributed by atoms with Gasteiger partial charge in [-0.2, -0.15) is 5.26 Å². The number of nitrogens with zero attached hydrogens (tertiary/aromatic N) is 1. The van der Waals surface area contributed by atoms with Gasteiger partial charge in [-0.3, -0.25) is 9.59 Å². The Morgan fingerprint density at radius 3 is 2.38 bits per heavy atom. The predicted molar refractivity (Wildman–Crippen MR) is 151 cm³/mol. The zero-order valence-corrected chi connectivity index (χ0v) is 23.0. The van der Waals surface area contributed by atoms with Gasteiger partial charge in [-0.1, -0.05) is 23.2 Å². The molecule has 3 rings (SSSR count). The van der Waals surface area contributed by atoms with E-state index >= 15 is 0 Å². The molecule has 0 aliphatic carbocycles. The molecule has 37 heavy (non-hydrogen) atoms. The molecule has 11 heteroatoms. The molecule has 3 N–H and O–H groups in total. The SMILES string of the molecule is CCOc1cc(/C=C(\C#N)C(=O)Nc2ccc(O)cc2)cc(I)c1OCC(=O)Nc1ccc(Cl)c(Cl)c1. The summed E-state index contributed by atoms with van der Waals surface area (Å²) in [5, 5.41) is 24.9. The van der Waals surface area contributed by atoms with Crippen LogP contribution in [0.1, 0.15) is 12.5 Å². The van der Waals surface area contributed by atoms with Crippen LogP contribution in [0, 0.1) is 14.9 Å². The van der Waals surface area contributed by atoms with Gasteiger partial charge in [0.2, 0.25) is 0 Å². The first kappa shape index (κ1) is 28.1. The zero-order chi connectivity index (χ0) is 26.9. The second kappa shape index (κ2) is 13.2. The molecule has 0 bridgehead atoms. The van der Waals surface area contributed by atoms with E-state index in [0.29, 0.717) is 48.7 Å².